The molecule has 0 spiro atoms. The highest BCUT2D eigenvalue weighted by Gasteiger charge is 2.15. The number of benzene rings is 1. The van der Waals surface area contributed by atoms with E-state index in [1.807, 2.05) is 0 Å². The number of nitrogens with two attached hydrogens (primary N) is 1. The maximum atomic E-state index is 13.1. The van der Waals surface area contributed by atoms with E-state index in [1.54, 1.807) is 11.5 Å². The van der Waals surface area contributed by atoms with Crippen molar-refractivity contribution in [2.24, 2.45) is 5.14 Å². The first-order valence-electron chi connectivity index (χ1n) is 5.28. The molecule has 1 aromatic heterocycles. The first-order valence-corrected chi connectivity index (χ1v) is 7.20. The minimum Gasteiger partial charge on any atom is -0.329 e. The summed E-state index contributed by atoms with van der Waals surface area (Å²) in [6.45, 7) is 1.84. The van der Waals surface area contributed by atoms with Crippen molar-refractivity contribution >= 4 is 21.6 Å². The fourth-order valence-corrected chi connectivity index (χ4v) is 2.34. The summed E-state index contributed by atoms with van der Waals surface area (Å²) in [5, 5.41) is 5.17. The van der Waals surface area contributed by atoms with Crippen molar-refractivity contribution < 1.29 is 12.8 Å². The molecule has 2 aromatic rings. The van der Waals surface area contributed by atoms with Crippen LogP contribution in [0.2, 0.25) is 5.02 Å². The SMILES string of the molecule is Cc1nc(S(N)(=O)=O)cn1Cc1cc(F)ccc1Cl. The maximum absolute atomic E-state index is 13.1. The van der Waals surface area contributed by atoms with Crippen LogP contribution >= 0.6 is 11.6 Å². The fourth-order valence-electron chi connectivity index (χ4n) is 1.62. The lowest BCUT2D eigenvalue weighted by molar-refractivity contribution is 0.594. The molecule has 0 atom stereocenters. The summed E-state index contributed by atoms with van der Waals surface area (Å²) in [7, 11) is -3.85. The lowest BCUT2D eigenvalue weighted by Gasteiger charge is -2.07. The molecule has 0 saturated heterocycles. The molecule has 5 nitrogen and oxygen atoms in total. The first kappa shape index (κ1) is 14.0. The highest BCUT2D eigenvalue weighted by Crippen LogP contribution is 2.19. The van der Waals surface area contributed by atoms with Crippen molar-refractivity contribution in [2.45, 2.75) is 18.5 Å². The summed E-state index contributed by atoms with van der Waals surface area (Å²) in [5.74, 6) is 0.0354. The Morgan fingerprint density at radius 1 is 1.47 bits per heavy atom. The predicted octanol–water partition coefficient (Wildman–Crippen LogP) is 1.68. The summed E-state index contributed by atoms with van der Waals surface area (Å²) in [6, 6.07) is 3.99. The molecule has 0 bridgehead atoms. The second-order valence-corrected chi connectivity index (χ2v) is 5.95. The predicted molar refractivity (Wildman–Crippen MR) is 68.8 cm³/mol. The van der Waals surface area contributed by atoms with Crippen LogP contribution in [0.1, 0.15) is 11.4 Å². The Balaban J connectivity index is 2.39. The van der Waals surface area contributed by atoms with Crippen molar-refractivity contribution in [1.29, 1.82) is 0 Å². The quantitative estimate of drug-likeness (QED) is 0.937. The average Bonchev–Trinajstić information content (AvgIpc) is 2.65. The van der Waals surface area contributed by atoms with Crippen LogP contribution in [0.15, 0.2) is 29.4 Å². The van der Waals surface area contributed by atoms with E-state index >= 15 is 0 Å². The Hall–Kier alpha value is -1.44. The zero-order valence-electron chi connectivity index (χ0n) is 9.97. The third kappa shape index (κ3) is 3.12. The monoisotopic (exact) mass is 303 g/mol. The van der Waals surface area contributed by atoms with Gasteiger partial charge in [-0.05, 0) is 30.7 Å². The molecule has 8 heteroatoms. The molecule has 0 radical (unpaired) electrons. The van der Waals surface area contributed by atoms with E-state index in [1.165, 1.54) is 24.4 Å². The van der Waals surface area contributed by atoms with Gasteiger partial charge in [0, 0.05) is 11.2 Å². The molecule has 1 aromatic carbocycles. The first-order chi connectivity index (χ1) is 8.77. The van der Waals surface area contributed by atoms with Crippen LogP contribution < -0.4 is 5.14 Å². The van der Waals surface area contributed by atoms with Gasteiger partial charge in [0.2, 0.25) is 0 Å². The van der Waals surface area contributed by atoms with Gasteiger partial charge in [0.25, 0.3) is 10.0 Å². The van der Waals surface area contributed by atoms with Gasteiger partial charge in [-0.3, -0.25) is 0 Å². The molecule has 19 heavy (non-hydrogen) atoms. The highest BCUT2D eigenvalue weighted by atomic mass is 35.5. The van der Waals surface area contributed by atoms with Crippen LogP contribution in [-0.4, -0.2) is 18.0 Å². The number of sulfonamides is 1. The highest BCUT2D eigenvalue weighted by molar-refractivity contribution is 7.89. The van der Waals surface area contributed by atoms with E-state index in [-0.39, 0.29) is 11.6 Å². The van der Waals surface area contributed by atoms with Gasteiger partial charge in [0.15, 0.2) is 5.03 Å². The van der Waals surface area contributed by atoms with Gasteiger partial charge in [-0.15, -0.1) is 0 Å². The molecule has 0 aliphatic rings. The summed E-state index contributed by atoms with van der Waals surface area (Å²) >= 11 is 5.95. The van der Waals surface area contributed by atoms with Crippen molar-refractivity contribution in [3.8, 4) is 0 Å². The Labute approximate surface area is 114 Å². The minimum absolute atomic E-state index is 0.213. The summed E-state index contributed by atoms with van der Waals surface area (Å²) in [4.78, 5) is 3.84. The molecular formula is C11H11ClFN3O2S. The van der Waals surface area contributed by atoms with Crippen molar-refractivity contribution in [2.75, 3.05) is 0 Å². The third-order valence-electron chi connectivity index (χ3n) is 2.59. The van der Waals surface area contributed by atoms with Gasteiger partial charge in [0.1, 0.15) is 11.6 Å². The van der Waals surface area contributed by atoms with Crippen LogP contribution in [0.25, 0.3) is 0 Å². The molecular weight excluding hydrogens is 293 g/mol. The van der Waals surface area contributed by atoms with Gasteiger partial charge < -0.3 is 4.57 Å². The van der Waals surface area contributed by atoms with Gasteiger partial charge >= 0.3 is 0 Å². The lowest BCUT2D eigenvalue weighted by Crippen LogP contribution is -2.12. The Morgan fingerprint density at radius 3 is 2.74 bits per heavy atom. The smallest absolute Gasteiger partial charge is 0.257 e. The molecule has 2 N–H and O–H groups in total. The molecule has 0 aliphatic carbocycles. The molecule has 102 valence electrons. The normalized spacial score (nSPS) is 11.8. The Bertz CT molecular complexity index is 728. The summed E-state index contributed by atoms with van der Waals surface area (Å²) in [6.07, 6.45) is 1.30. The number of imidazole rings is 1. The largest absolute Gasteiger partial charge is 0.329 e. The Kier molecular flexibility index (Phi) is 3.62. The van der Waals surface area contributed by atoms with E-state index in [9.17, 15) is 12.8 Å². The zero-order valence-corrected chi connectivity index (χ0v) is 11.5. The summed E-state index contributed by atoms with van der Waals surface area (Å²) in [5.41, 5.74) is 0.531. The van der Waals surface area contributed by atoms with Crippen molar-refractivity contribution in [1.82, 2.24) is 9.55 Å². The van der Waals surface area contributed by atoms with Crippen molar-refractivity contribution in [3.63, 3.8) is 0 Å². The van der Waals surface area contributed by atoms with Crippen LogP contribution in [0, 0.1) is 12.7 Å². The number of aromatic nitrogens is 2. The van der Waals surface area contributed by atoms with Gasteiger partial charge in [0.05, 0.1) is 6.54 Å². The lowest BCUT2D eigenvalue weighted by atomic mass is 10.2. The summed E-state index contributed by atoms with van der Waals surface area (Å²) < 4.78 is 37.1. The van der Waals surface area contributed by atoms with Crippen molar-refractivity contribution in [3.05, 3.63) is 46.6 Å². The second-order valence-electron chi connectivity index (χ2n) is 4.03. The van der Waals surface area contributed by atoms with Crippen LogP contribution in [0.3, 0.4) is 0 Å². The van der Waals surface area contributed by atoms with Crippen LogP contribution in [-0.2, 0) is 16.6 Å². The number of rotatable bonds is 3. The molecule has 0 unspecified atom stereocenters. The van der Waals surface area contributed by atoms with Gasteiger partial charge in [-0.25, -0.2) is 22.9 Å². The van der Waals surface area contributed by atoms with E-state index in [0.717, 1.165) is 0 Å². The average molecular weight is 304 g/mol. The molecule has 0 aliphatic heterocycles. The number of hydrogen-bond donors (Lipinski definition) is 1. The fraction of sp³-hybridized carbons (Fsp3) is 0.182. The minimum atomic E-state index is -3.85. The molecule has 0 fully saturated rings. The van der Waals surface area contributed by atoms with E-state index in [2.05, 4.69) is 4.98 Å². The number of halogens is 2. The van der Waals surface area contributed by atoms with Crippen LogP contribution in [0.4, 0.5) is 4.39 Å². The number of hydrogen-bond acceptors (Lipinski definition) is 3. The molecule has 2 rings (SSSR count). The number of primary sulfonamides is 1. The van der Waals surface area contributed by atoms with Gasteiger partial charge in [-0.2, -0.15) is 0 Å². The molecule has 0 saturated carbocycles. The standard InChI is InChI=1S/C11H11ClFN3O2S/c1-7-15-11(19(14,17)18)6-16(7)5-8-4-9(13)2-3-10(8)12/h2-4,6H,5H2,1H3,(H2,14,17,18). The van der Waals surface area contributed by atoms with E-state index in [4.69, 9.17) is 16.7 Å². The van der Waals surface area contributed by atoms with E-state index in [0.29, 0.717) is 16.4 Å². The third-order valence-corrected chi connectivity index (χ3v) is 3.74. The Morgan fingerprint density at radius 2 is 2.16 bits per heavy atom. The van der Waals surface area contributed by atoms with E-state index < -0.39 is 15.8 Å². The topological polar surface area (TPSA) is 78.0 Å². The van der Waals surface area contributed by atoms with Gasteiger partial charge in [-0.1, -0.05) is 11.6 Å². The molecule has 0 amide bonds. The number of aryl methyl sites for hydroxylation is 1. The second kappa shape index (κ2) is 4.92. The maximum Gasteiger partial charge on any atom is 0.257 e. The molecule has 1 heterocycles. The number of nitrogens with zero attached hydrogens (tertiary/aromatic N) is 2. The van der Waals surface area contributed by atoms with Crippen LogP contribution in [0.5, 0.6) is 0 Å². The zero-order chi connectivity index (χ0) is 14.2.